The van der Waals surface area contributed by atoms with Crippen molar-refractivity contribution in [3.05, 3.63) is 24.3 Å². The van der Waals surface area contributed by atoms with E-state index >= 15 is 0 Å². The monoisotopic (exact) mass is 320 g/mol. The highest BCUT2D eigenvalue weighted by molar-refractivity contribution is 8.00. The third-order valence-electron chi connectivity index (χ3n) is 3.96. The number of aliphatic carboxylic acids is 1. The van der Waals surface area contributed by atoms with Crippen LogP contribution in [0.3, 0.4) is 0 Å². The van der Waals surface area contributed by atoms with E-state index in [2.05, 4.69) is 0 Å². The number of amides is 2. The molecule has 0 radical (unpaired) electrons. The quantitative estimate of drug-likeness (QED) is 0.905. The van der Waals surface area contributed by atoms with Crippen molar-refractivity contribution in [3.63, 3.8) is 0 Å². The third kappa shape index (κ3) is 2.68. The molecule has 1 N–H and O–H groups in total. The van der Waals surface area contributed by atoms with E-state index in [1.54, 1.807) is 0 Å². The summed E-state index contributed by atoms with van der Waals surface area (Å²) in [4.78, 5) is 39.6. The molecule has 2 aliphatic heterocycles. The third-order valence-corrected chi connectivity index (χ3v) is 5.01. The van der Waals surface area contributed by atoms with Crippen LogP contribution in [-0.2, 0) is 14.4 Å². The van der Waals surface area contributed by atoms with Crippen LogP contribution in [0, 0.1) is 0 Å². The van der Waals surface area contributed by atoms with E-state index in [-0.39, 0.29) is 18.4 Å². The number of hydrogen-bond donors (Lipinski definition) is 1. The molecule has 1 aromatic rings. The highest BCUT2D eigenvalue weighted by atomic mass is 32.2. The van der Waals surface area contributed by atoms with Crippen molar-refractivity contribution in [2.45, 2.75) is 23.8 Å². The molecule has 0 aromatic heterocycles. The predicted molar refractivity (Wildman–Crippen MR) is 81.9 cm³/mol. The average Bonchev–Trinajstić information content (AvgIpc) is 3.00. The first-order chi connectivity index (χ1) is 10.6. The van der Waals surface area contributed by atoms with Crippen LogP contribution in [0.5, 0.6) is 0 Å². The van der Waals surface area contributed by atoms with Crippen LogP contribution in [-0.4, -0.2) is 52.7 Å². The SMILES string of the molecule is O=C(O)[C@H]1CCCN1C(=O)CN1C(=O)CSc2ccccc21. The minimum Gasteiger partial charge on any atom is -0.480 e. The van der Waals surface area contributed by atoms with Crippen LogP contribution in [0.4, 0.5) is 5.69 Å². The number of carbonyl (C=O) groups is 3. The largest absolute Gasteiger partial charge is 0.480 e. The molecule has 7 heteroatoms. The van der Waals surface area contributed by atoms with Crippen molar-refractivity contribution in [2.24, 2.45) is 0 Å². The number of fused-ring (bicyclic) bond motifs is 1. The van der Waals surface area contributed by atoms with Gasteiger partial charge in [0, 0.05) is 11.4 Å². The minimum atomic E-state index is -0.980. The molecule has 0 aliphatic carbocycles. The molecule has 0 saturated carbocycles. The second kappa shape index (κ2) is 6.00. The fourth-order valence-electron chi connectivity index (χ4n) is 2.88. The van der Waals surface area contributed by atoms with Crippen LogP contribution in [0.1, 0.15) is 12.8 Å². The Morgan fingerprint density at radius 2 is 2.09 bits per heavy atom. The maximum Gasteiger partial charge on any atom is 0.326 e. The molecule has 22 heavy (non-hydrogen) atoms. The Morgan fingerprint density at radius 1 is 1.32 bits per heavy atom. The lowest BCUT2D eigenvalue weighted by atomic mass is 10.2. The van der Waals surface area contributed by atoms with Gasteiger partial charge < -0.3 is 14.9 Å². The van der Waals surface area contributed by atoms with Gasteiger partial charge in [-0.15, -0.1) is 11.8 Å². The molecule has 1 fully saturated rings. The minimum absolute atomic E-state index is 0.0970. The second-order valence-electron chi connectivity index (χ2n) is 5.32. The second-order valence-corrected chi connectivity index (χ2v) is 6.34. The molecule has 1 atom stereocenters. The first-order valence-corrected chi connectivity index (χ1v) is 8.11. The number of thioether (sulfide) groups is 1. The Morgan fingerprint density at radius 3 is 2.86 bits per heavy atom. The van der Waals surface area contributed by atoms with E-state index in [0.29, 0.717) is 25.1 Å². The van der Waals surface area contributed by atoms with Gasteiger partial charge in [-0.25, -0.2) is 4.79 Å². The van der Waals surface area contributed by atoms with Gasteiger partial charge in [-0.3, -0.25) is 9.59 Å². The summed E-state index contributed by atoms with van der Waals surface area (Å²) < 4.78 is 0. The molecule has 0 spiro atoms. The number of hydrogen-bond acceptors (Lipinski definition) is 4. The molecule has 116 valence electrons. The number of carbonyl (C=O) groups excluding carboxylic acids is 2. The molecule has 1 aromatic carbocycles. The summed E-state index contributed by atoms with van der Waals surface area (Å²) in [6.45, 7) is 0.342. The smallest absolute Gasteiger partial charge is 0.326 e. The standard InChI is InChI=1S/C15H16N2O4S/c18-13(16-7-3-5-11(16)15(20)21)8-17-10-4-1-2-6-12(10)22-9-14(17)19/h1-2,4,6,11H,3,5,7-9H2,(H,20,21)/t11-/m1/s1. The fourth-order valence-corrected chi connectivity index (χ4v) is 3.81. The highest BCUT2D eigenvalue weighted by Gasteiger charge is 2.36. The van der Waals surface area contributed by atoms with Crippen LogP contribution < -0.4 is 4.90 Å². The maximum atomic E-state index is 12.4. The first kappa shape index (κ1) is 14.9. The summed E-state index contributed by atoms with van der Waals surface area (Å²) in [5, 5.41) is 9.17. The number of carboxylic acid groups (broad SMARTS) is 1. The molecular formula is C15H16N2O4S. The zero-order valence-corrected chi connectivity index (χ0v) is 12.7. The zero-order valence-electron chi connectivity index (χ0n) is 11.9. The van der Waals surface area contributed by atoms with E-state index in [1.165, 1.54) is 21.6 Å². The molecule has 0 bridgehead atoms. The van der Waals surface area contributed by atoms with E-state index in [0.717, 1.165) is 10.6 Å². The zero-order chi connectivity index (χ0) is 15.7. The van der Waals surface area contributed by atoms with E-state index in [9.17, 15) is 19.5 Å². The lowest BCUT2D eigenvalue weighted by Crippen LogP contribution is -2.48. The van der Waals surface area contributed by atoms with E-state index in [4.69, 9.17) is 0 Å². The number of para-hydroxylation sites is 1. The van der Waals surface area contributed by atoms with Crippen LogP contribution in [0.2, 0.25) is 0 Å². The number of carboxylic acids is 1. The molecule has 2 heterocycles. The number of anilines is 1. The summed E-state index contributed by atoms with van der Waals surface area (Å²) in [5.41, 5.74) is 0.725. The lowest BCUT2D eigenvalue weighted by molar-refractivity contribution is -0.147. The average molecular weight is 320 g/mol. The molecule has 3 rings (SSSR count). The van der Waals surface area contributed by atoms with Gasteiger partial charge in [0.05, 0.1) is 11.4 Å². The molecule has 6 nitrogen and oxygen atoms in total. The fraction of sp³-hybridized carbons (Fsp3) is 0.400. The molecule has 2 aliphatic rings. The topological polar surface area (TPSA) is 77.9 Å². The van der Waals surface area contributed by atoms with Gasteiger partial charge in [-0.05, 0) is 25.0 Å². The lowest BCUT2D eigenvalue weighted by Gasteiger charge is -2.30. The van der Waals surface area contributed by atoms with E-state index in [1.807, 2.05) is 24.3 Å². The van der Waals surface area contributed by atoms with Crippen LogP contribution in [0.15, 0.2) is 29.2 Å². The number of nitrogens with zero attached hydrogens (tertiary/aromatic N) is 2. The Labute approximate surface area is 132 Å². The normalized spacial score (nSPS) is 20.9. The summed E-state index contributed by atoms with van der Waals surface area (Å²) in [6, 6.07) is 6.68. The summed E-state index contributed by atoms with van der Waals surface area (Å²) in [6.07, 6.45) is 1.16. The van der Waals surface area contributed by atoms with Crippen molar-refractivity contribution in [1.29, 1.82) is 0 Å². The summed E-state index contributed by atoms with van der Waals surface area (Å²) in [5.74, 6) is -1.11. The molecule has 1 saturated heterocycles. The Bertz CT molecular complexity index is 634. The van der Waals surface area contributed by atoms with Crippen molar-refractivity contribution in [3.8, 4) is 0 Å². The van der Waals surface area contributed by atoms with Gasteiger partial charge in [0.15, 0.2) is 0 Å². The highest BCUT2D eigenvalue weighted by Crippen LogP contribution is 2.35. The maximum absolute atomic E-state index is 12.4. The molecule has 0 unspecified atom stereocenters. The Hall–Kier alpha value is -2.02. The number of likely N-dealkylation sites (tertiary alicyclic amines) is 1. The van der Waals surface area contributed by atoms with Gasteiger partial charge in [0.2, 0.25) is 11.8 Å². The Balaban J connectivity index is 1.79. The van der Waals surface area contributed by atoms with Gasteiger partial charge >= 0.3 is 5.97 Å². The van der Waals surface area contributed by atoms with Crippen LogP contribution in [0.25, 0.3) is 0 Å². The molecule has 2 amide bonds. The van der Waals surface area contributed by atoms with Gasteiger partial charge in [-0.2, -0.15) is 0 Å². The summed E-state index contributed by atoms with van der Waals surface area (Å²) >= 11 is 1.46. The Kier molecular flexibility index (Phi) is 4.06. The summed E-state index contributed by atoms with van der Waals surface area (Å²) in [7, 11) is 0. The number of rotatable bonds is 3. The van der Waals surface area contributed by atoms with Gasteiger partial charge in [0.25, 0.3) is 0 Å². The van der Waals surface area contributed by atoms with Crippen molar-refractivity contribution in [2.75, 3.05) is 23.7 Å². The van der Waals surface area contributed by atoms with Gasteiger partial charge in [-0.1, -0.05) is 12.1 Å². The van der Waals surface area contributed by atoms with Crippen molar-refractivity contribution in [1.82, 2.24) is 4.90 Å². The van der Waals surface area contributed by atoms with Crippen LogP contribution >= 0.6 is 11.8 Å². The van der Waals surface area contributed by atoms with Crippen molar-refractivity contribution < 1.29 is 19.5 Å². The van der Waals surface area contributed by atoms with Crippen molar-refractivity contribution >= 4 is 35.2 Å². The van der Waals surface area contributed by atoms with E-state index < -0.39 is 12.0 Å². The number of benzene rings is 1. The first-order valence-electron chi connectivity index (χ1n) is 7.12. The van der Waals surface area contributed by atoms with Gasteiger partial charge in [0.1, 0.15) is 12.6 Å². The predicted octanol–water partition coefficient (Wildman–Crippen LogP) is 1.20. The molecular weight excluding hydrogens is 304 g/mol.